The zero-order chi connectivity index (χ0) is 28.3. The molecule has 5 rings (SSSR count). The number of hydrazone groups is 1. The fourth-order valence-electron chi connectivity index (χ4n) is 4.80. The van der Waals surface area contributed by atoms with Gasteiger partial charge in [0.2, 0.25) is 0 Å². The average molecular weight is 557 g/mol. The van der Waals surface area contributed by atoms with Crippen molar-refractivity contribution in [1.29, 1.82) is 0 Å². The SMILES string of the molecule is Cc1ccc(NS(=O)(=O)c2ccc(C(=O)N/N=C\c3c(C)nn(-c4ccccc4)c3N3CCCC3)cc2)c(C)c1. The van der Waals surface area contributed by atoms with Crippen LogP contribution in [0.3, 0.4) is 0 Å². The summed E-state index contributed by atoms with van der Waals surface area (Å²) in [7, 11) is -3.81. The van der Waals surface area contributed by atoms with Gasteiger partial charge in [-0.05, 0) is 81.6 Å². The number of amides is 1. The summed E-state index contributed by atoms with van der Waals surface area (Å²) >= 11 is 0. The number of carbonyl (C=O) groups is 1. The van der Waals surface area contributed by atoms with Crippen LogP contribution >= 0.6 is 0 Å². The number of anilines is 2. The number of benzene rings is 3. The Morgan fingerprint density at radius 1 is 0.950 bits per heavy atom. The zero-order valence-electron chi connectivity index (χ0n) is 22.8. The van der Waals surface area contributed by atoms with Crippen LogP contribution < -0.4 is 15.0 Å². The molecule has 1 fully saturated rings. The summed E-state index contributed by atoms with van der Waals surface area (Å²) in [6, 6.07) is 21.2. The van der Waals surface area contributed by atoms with Crippen molar-refractivity contribution in [2.45, 2.75) is 38.5 Å². The van der Waals surface area contributed by atoms with Gasteiger partial charge in [-0.15, -0.1) is 0 Å². The molecule has 1 aliphatic rings. The standard InChI is InChI=1S/C30H32N6O3S/c1-21-11-16-28(22(2)19-21)34-40(38,39)26-14-12-24(13-15-26)29(37)32-31-20-27-23(3)33-36(25-9-5-4-6-10-25)30(27)35-17-7-8-18-35/h4-6,9-16,19-20,34H,7-8,17-18H2,1-3H3,(H,32,37)/b31-20-. The van der Waals surface area contributed by atoms with E-state index in [9.17, 15) is 13.2 Å². The Bertz CT molecular complexity index is 1660. The van der Waals surface area contributed by atoms with E-state index >= 15 is 0 Å². The van der Waals surface area contributed by atoms with Crippen LogP contribution in [0.25, 0.3) is 5.69 Å². The second kappa shape index (κ2) is 11.4. The number of nitrogens with one attached hydrogen (secondary N) is 2. The van der Waals surface area contributed by atoms with Crippen LogP contribution in [0.4, 0.5) is 11.5 Å². The van der Waals surface area contributed by atoms with Gasteiger partial charge < -0.3 is 4.90 Å². The maximum Gasteiger partial charge on any atom is 0.271 e. The van der Waals surface area contributed by atoms with Gasteiger partial charge in [-0.3, -0.25) is 9.52 Å². The molecule has 1 aliphatic heterocycles. The molecule has 4 aromatic rings. The van der Waals surface area contributed by atoms with E-state index in [4.69, 9.17) is 5.10 Å². The van der Waals surface area contributed by atoms with E-state index in [1.54, 1.807) is 12.3 Å². The van der Waals surface area contributed by atoms with Gasteiger partial charge in [0.1, 0.15) is 5.82 Å². The molecule has 0 radical (unpaired) electrons. The molecule has 0 bridgehead atoms. The molecule has 0 spiro atoms. The van der Waals surface area contributed by atoms with Crippen molar-refractivity contribution in [1.82, 2.24) is 15.2 Å². The summed E-state index contributed by atoms with van der Waals surface area (Å²) < 4.78 is 30.3. The molecule has 2 heterocycles. The van der Waals surface area contributed by atoms with E-state index < -0.39 is 15.9 Å². The second-order valence-electron chi connectivity index (χ2n) is 9.91. The molecule has 1 aromatic heterocycles. The minimum atomic E-state index is -3.81. The highest BCUT2D eigenvalue weighted by Gasteiger charge is 2.23. The summed E-state index contributed by atoms with van der Waals surface area (Å²) in [5, 5.41) is 8.99. The molecular weight excluding hydrogens is 524 g/mol. The first-order valence-corrected chi connectivity index (χ1v) is 14.6. The predicted octanol–water partition coefficient (Wildman–Crippen LogP) is 4.96. The molecule has 40 heavy (non-hydrogen) atoms. The lowest BCUT2D eigenvalue weighted by Gasteiger charge is -2.20. The van der Waals surface area contributed by atoms with Gasteiger partial charge in [0.05, 0.1) is 33.7 Å². The van der Waals surface area contributed by atoms with Gasteiger partial charge in [0, 0.05) is 18.7 Å². The number of aryl methyl sites for hydroxylation is 3. The highest BCUT2D eigenvalue weighted by molar-refractivity contribution is 7.92. The Hall–Kier alpha value is -4.44. The number of aromatic nitrogens is 2. The lowest BCUT2D eigenvalue weighted by molar-refractivity contribution is 0.0955. The van der Waals surface area contributed by atoms with Crippen LogP contribution in [0.15, 0.2) is 82.8 Å². The molecule has 0 aliphatic carbocycles. The third-order valence-electron chi connectivity index (χ3n) is 6.90. The maximum absolute atomic E-state index is 12.9. The molecule has 3 aromatic carbocycles. The van der Waals surface area contributed by atoms with Gasteiger partial charge in [0.15, 0.2) is 0 Å². The van der Waals surface area contributed by atoms with Crippen LogP contribution in [-0.4, -0.2) is 43.4 Å². The smallest absolute Gasteiger partial charge is 0.271 e. The molecule has 2 N–H and O–H groups in total. The second-order valence-corrected chi connectivity index (χ2v) is 11.6. The summed E-state index contributed by atoms with van der Waals surface area (Å²) in [6.45, 7) is 7.58. The Balaban J connectivity index is 1.31. The van der Waals surface area contributed by atoms with Crippen LogP contribution in [-0.2, 0) is 10.0 Å². The molecule has 0 saturated carbocycles. The van der Waals surface area contributed by atoms with Crippen molar-refractivity contribution in [3.63, 3.8) is 0 Å². The molecule has 10 heteroatoms. The topological polar surface area (TPSA) is 109 Å². The largest absolute Gasteiger partial charge is 0.356 e. The first-order chi connectivity index (χ1) is 19.2. The minimum Gasteiger partial charge on any atom is -0.356 e. The van der Waals surface area contributed by atoms with E-state index in [1.807, 2.05) is 67.9 Å². The highest BCUT2D eigenvalue weighted by Crippen LogP contribution is 2.29. The van der Waals surface area contributed by atoms with Gasteiger partial charge in [-0.25, -0.2) is 18.5 Å². The van der Waals surface area contributed by atoms with Crippen LogP contribution in [0.5, 0.6) is 0 Å². The van der Waals surface area contributed by atoms with E-state index in [0.717, 1.165) is 59.8 Å². The number of nitrogens with zero attached hydrogens (tertiary/aromatic N) is 4. The van der Waals surface area contributed by atoms with Crippen molar-refractivity contribution >= 4 is 33.7 Å². The van der Waals surface area contributed by atoms with Crippen LogP contribution in [0.1, 0.15) is 45.6 Å². The van der Waals surface area contributed by atoms with E-state index in [2.05, 4.69) is 20.1 Å². The Labute approximate surface area is 234 Å². The van der Waals surface area contributed by atoms with Crippen molar-refractivity contribution in [2.24, 2.45) is 5.10 Å². The van der Waals surface area contributed by atoms with E-state index in [-0.39, 0.29) is 4.90 Å². The number of para-hydroxylation sites is 1. The maximum atomic E-state index is 12.9. The first kappa shape index (κ1) is 27.1. The number of rotatable bonds is 8. The predicted molar refractivity (Wildman–Crippen MR) is 158 cm³/mol. The van der Waals surface area contributed by atoms with Crippen LogP contribution in [0.2, 0.25) is 0 Å². The van der Waals surface area contributed by atoms with Gasteiger partial charge in [-0.1, -0.05) is 35.9 Å². The van der Waals surface area contributed by atoms with Crippen LogP contribution in [0, 0.1) is 20.8 Å². The first-order valence-electron chi connectivity index (χ1n) is 13.2. The Morgan fingerprint density at radius 3 is 2.33 bits per heavy atom. The van der Waals surface area contributed by atoms with E-state index in [0.29, 0.717) is 11.3 Å². The normalized spacial score (nSPS) is 13.6. The minimum absolute atomic E-state index is 0.0618. The van der Waals surface area contributed by atoms with Crippen molar-refractivity contribution in [3.8, 4) is 5.69 Å². The number of hydrogen-bond donors (Lipinski definition) is 2. The fraction of sp³-hybridized carbons (Fsp3) is 0.233. The van der Waals surface area contributed by atoms with Gasteiger partial charge in [-0.2, -0.15) is 10.2 Å². The molecule has 0 atom stereocenters. The number of carbonyl (C=O) groups excluding carboxylic acids is 1. The molecule has 1 amide bonds. The third-order valence-corrected chi connectivity index (χ3v) is 8.28. The number of hydrogen-bond acceptors (Lipinski definition) is 6. The summed E-state index contributed by atoms with van der Waals surface area (Å²) in [4.78, 5) is 15.1. The lowest BCUT2D eigenvalue weighted by atomic mass is 10.1. The molecule has 0 unspecified atom stereocenters. The molecule has 1 saturated heterocycles. The zero-order valence-corrected chi connectivity index (χ0v) is 23.6. The third kappa shape index (κ3) is 5.76. The van der Waals surface area contributed by atoms with E-state index in [1.165, 1.54) is 24.3 Å². The van der Waals surface area contributed by atoms with Crippen molar-refractivity contribution in [2.75, 3.05) is 22.7 Å². The lowest BCUT2D eigenvalue weighted by Crippen LogP contribution is -2.23. The Morgan fingerprint density at radius 2 is 1.65 bits per heavy atom. The monoisotopic (exact) mass is 556 g/mol. The highest BCUT2D eigenvalue weighted by atomic mass is 32.2. The van der Waals surface area contributed by atoms with Gasteiger partial charge in [0.25, 0.3) is 15.9 Å². The average Bonchev–Trinajstić information content (AvgIpc) is 3.59. The molecule has 9 nitrogen and oxygen atoms in total. The van der Waals surface area contributed by atoms with Gasteiger partial charge >= 0.3 is 0 Å². The quantitative estimate of drug-likeness (QED) is 0.236. The summed E-state index contributed by atoms with van der Waals surface area (Å²) in [5.41, 5.74) is 7.84. The fourth-order valence-corrected chi connectivity index (χ4v) is 5.93. The van der Waals surface area contributed by atoms with Crippen molar-refractivity contribution < 1.29 is 13.2 Å². The molecular formula is C30H32N6O3S. The summed E-state index contributed by atoms with van der Waals surface area (Å²) in [6.07, 6.45) is 3.84. The Kier molecular flexibility index (Phi) is 7.70. The summed E-state index contributed by atoms with van der Waals surface area (Å²) in [5.74, 6) is 0.503. The van der Waals surface area contributed by atoms with Crippen molar-refractivity contribution in [3.05, 3.63) is 101 Å². The number of sulfonamides is 1. The molecule has 206 valence electrons.